The fourth-order valence-corrected chi connectivity index (χ4v) is 5.94. The van der Waals surface area contributed by atoms with Crippen LogP contribution in [-0.2, 0) is 0 Å². The van der Waals surface area contributed by atoms with E-state index in [0.29, 0.717) is 0 Å². The Morgan fingerprint density at radius 3 is 1.76 bits per heavy atom. The normalized spacial score (nSPS) is 11.0. The molecule has 7 aromatic rings. The maximum absolute atomic E-state index is 4.28. The Bertz CT molecular complexity index is 2010. The topological polar surface area (TPSA) is 8.17 Å². The van der Waals surface area contributed by atoms with Crippen molar-refractivity contribution >= 4 is 44.4 Å². The molecular weight excluding hydrogens is 508 g/mol. The molecule has 0 amide bonds. The SMILES string of the molecule is C=CC(=C)c1ccccc1N(c1ccccc1)c1ccccc1-c1ccc(-n2c3ccccc3c3ccccc32)cc1. The van der Waals surface area contributed by atoms with E-state index in [-0.39, 0.29) is 0 Å². The van der Waals surface area contributed by atoms with E-state index in [2.05, 4.69) is 174 Å². The summed E-state index contributed by atoms with van der Waals surface area (Å²) >= 11 is 0. The summed E-state index contributed by atoms with van der Waals surface area (Å²) in [6.45, 7) is 8.28. The molecule has 0 aliphatic carbocycles. The monoisotopic (exact) mass is 538 g/mol. The van der Waals surface area contributed by atoms with E-state index >= 15 is 0 Å². The smallest absolute Gasteiger partial charge is 0.0541 e. The van der Waals surface area contributed by atoms with Gasteiger partial charge in [0.25, 0.3) is 0 Å². The molecule has 0 saturated carbocycles. The lowest BCUT2D eigenvalue weighted by atomic mass is 9.99. The van der Waals surface area contributed by atoms with Crippen molar-refractivity contribution < 1.29 is 0 Å². The molecule has 0 unspecified atom stereocenters. The summed E-state index contributed by atoms with van der Waals surface area (Å²) in [5.41, 5.74) is 11.0. The molecule has 0 spiro atoms. The molecule has 0 radical (unpaired) electrons. The second kappa shape index (κ2) is 10.8. The molecule has 42 heavy (non-hydrogen) atoms. The van der Waals surface area contributed by atoms with Crippen molar-refractivity contribution in [3.05, 3.63) is 176 Å². The highest BCUT2D eigenvalue weighted by atomic mass is 15.1. The fraction of sp³-hybridized carbons (Fsp3) is 0. The maximum atomic E-state index is 4.28. The number of aromatic nitrogens is 1. The highest BCUT2D eigenvalue weighted by Crippen LogP contribution is 2.43. The molecule has 0 bridgehead atoms. The summed E-state index contributed by atoms with van der Waals surface area (Å²) < 4.78 is 2.35. The summed E-state index contributed by atoms with van der Waals surface area (Å²) in [5.74, 6) is 0. The molecule has 200 valence electrons. The Hall–Kier alpha value is -5.60. The van der Waals surface area contributed by atoms with Gasteiger partial charge in [-0.1, -0.05) is 122 Å². The van der Waals surface area contributed by atoms with Crippen LogP contribution in [0.4, 0.5) is 17.1 Å². The molecule has 1 heterocycles. The lowest BCUT2D eigenvalue weighted by Gasteiger charge is -2.30. The van der Waals surface area contributed by atoms with Gasteiger partial charge in [-0.25, -0.2) is 0 Å². The number of rotatable bonds is 7. The van der Waals surface area contributed by atoms with Crippen LogP contribution >= 0.6 is 0 Å². The van der Waals surface area contributed by atoms with E-state index in [1.165, 1.54) is 21.8 Å². The van der Waals surface area contributed by atoms with Gasteiger partial charge in [0.2, 0.25) is 0 Å². The van der Waals surface area contributed by atoms with Gasteiger partial charge in [0.1, 0.15) is 0 Å². The highest BCUT2D eigenvalue weighted by Gasteiger charge is 2.20. The Morgan fingerprint density at radius 1 is 0.548 bits per heavy atom. The van der Waals surface area contributed by atoms with E-state index in [1.54, 1.807) is 0 Å². The molecule has 0 aliphatic rings. The lowest BCUT2D eigenvalue weighted by Crippen LogP contribution is -2.13. The van der Waals surface area contributed by atoms with E-state index in [9.17, 15) is 0 Å². The molecule has 0 aliphatic heterocycles. The third-order valence-electron chi connectivity index (χ3n) is 7.91. The van der Waals surface area contributed by atoms with Gasteiger partial charge in [-0.3, -0.25) is 0 Å². The average molecular weight is 539 g/mol. The van der Waals surface area contributed by atoms with Crippen molar-refractivity contribution in [3.8, 4) is 16.8 Å². The number of hydrogen-bond acceptors (Lipinski definition) is 1. The van der Waals surface area contributed by atoms with Crippen molar-refractivity contribution in [1.82, 2.24) is 4.57 Å². The minimum absolute atomic E-state index is 0.888. The van der Waals surface area contributed by atoms with Crippen molar-refractivity contribution in [3.63, 3.8) is 0 Å². The van der Waals surface area contributed by atoms with Crippen LogP contribution < -0.4 is 4.90 Å². The van der Waals surface area contributed by atoms with Gasteiger partial charge in [-0.15, -0.1) is 0 Å². The zero-order valence-electron chi connectivity index (χ0n) is 23.3. The highest BCUT2D eigenvalue weighted by molar-refractivity contribution is 6.09. The summed E-state index contributed by atoms with van der Waals surface area (Å²) in [7, 11) is 0. The van der Waals surface area contributed by atoms with Crippen molar-refractivity contribution in [2.75, 3.05) is 4.90 Å². The first-order chi connectivity index (χ1) is 20.7. The zero-order chi connectivity index (χ0) is 28.5. The zero-order valence-corrected chi connectivity index (χ0v) is 23.3. The van der Waals surface area contributed by atoms with Crippen molar-refractivity contribution in [1.29, 1.82) is 0 Å². The van der Waals surface area contributed by atoms with Crippen molar-refractivity contribution in [2.45, 2.75) is 0 Å². The first kappa shape index (κ1) is 25.4. The van der Waals surface area contributed by atoms with E-state index in [4.69, 9.17) is 0 Å². The summed E-state index contributed by atoms with van der Waals surface area (Å²) in [6.07, 6.45) is 1.82. The second-order valence-electron chi connectivity index (χ2n) is 10.4. The number of para-hydroxylation sites is 5. The Morgan fingerprint density at radius 2 is 1.10 bits per heavy atom. The minimum Gasteiger partial charge on any atom is -0.309 e. The number of allylic oxidation sites excluding steroid dienone is 2. The summed E-state index contributed by atoms with van der Waals surface area (Å²) in [6, 6.07) is 53.7. The van der Waals surface area contributed by atoms with Crippen molar-refractivity contribution in [2.24, 2.45) is 0 Å². The number of anilines is 3. The van der Waals surface area contributed by atoms with E-state index in [0.717, 1.165) is 45.0 Å². The third-order valence-corrected chi connectivity index (χ3v) is 7.91. The molecule has 0 atom stereocenters. The number of fused-ring (bicyclic) bond motifs is 3. The van der Waals surface area contributed by atoms with E-state index in [1.807, 2.05) is 6.08 Å². The maximum Gasteiger partial charge on any atom is 0.0541 e. The van der Waals surface area contributed by atoms with Crippen LogP contribution in [0.15, 0.2) is 171 Å². The fourth-order valence-electron chi connectivity index (χ4n) is 5.94. The molecule has 1 aromatic heterocycles. The first-order valence-corrected chi connectivity index (χ1v) is 14.2. The van der Waals surface area contributed by atoms with Gasteiger partial charge in [0.05, 0.1) is 22.4 Å². The molecule has 6 aromatic carbocycles. The van der Waals surface area contributed by atoms with Gasteiger partial charge >= 0.3 is 0 Å². The Balaban J connectivity index is 1.38. The summed E-state index contributed by atoms with van der Waals surface area (Å²) in [4.78, 5) is 2.32. The number of benzene rings is 6. The van der Waals surface area contributed by atoms with Gasteiger partial charge in [0.15, 0.2) is 0 Å². The molecule has 2 nitrogen and oxygen atoms in total. The van der Waals surface area contributed by atoms with Gasteiger partial charge < -0.3 is 9.47 Å². The standard InChI is InChI=1S/C40H30N2/c1-3-29(2)33-17-7-11-21-37(33)41(31-15-5-4-6-16-31)38-22-12-8-18-34(38)30-25-27-32(28-26-30)42-39-23-13-9-19-35(39)36-20-10-14-24-40(36)42/h3-28H,1-2H2. The molecule has 0 saturated heterocycles. The minimum atomic E-state index is 0.888. The Kier molecular flexibility index (Phi) is 6.50. The lowest BCUT2D eigenvalue weighted by molar-refractivity contribution is 1.18. The van der Waals surface area contributed by atoms with Crippen LogP contribution in [-0.4, -0.2) is 4.57 Å². The van der Waals surface area contributed by atoms with Crippen LogP contribution in [0.1, 0.15) is 5.56 Å². The van der Waals surface area contributed by atoms with Crippen LogP contribution in [0.25, 0.3) is 44.2 Å². The van der Waals surface area contributed by atoms with Crippen LogP contribution in [0, 0.1) is 0 Å². The molecule has 0 fully saturated rings. The molecule has 2 heteroatoms. The second-order valence-corrected chi connectivity index (χ2v) is 10.4. The predicted octanol–water partition coefficient (Wildman–Crippen LogP) is 11.1. The van der Waals surface area contributed by atoms with Gasteiger partial charge in [0, 0.05) is 33.3 Å². The van der Waals surface area contributed by atoms with E-state index < -0.39 is 0 Å². The molecule has 7 rings (SSSR count). The first-order valence-electron chi connectivity index (χ1n) is 14.2. The van der Waals surface area contributed by atoms with Crippen LogP contribution in [0.3, 0.4) is 0 Å². The van der Waals surface area contributed by atoms with Gasteiger partial charge in [-0.2, -0.15) is 0 Å². The number of hydrogen-bond donors (Lipinski definition) is 0. The average Bonchev–Trinajstić information content (AvgIpc) is 3.40. The van der Waals surface area contributed by atoms with Crippen LogP contribution in [0.2, 0.25) is 0 Å². The Labute approximate surface area is 246 Å². The third kappa shape index (κ3) is 4.31. The quantitative estimate of drug-likeness (QED) is 0.183. The van der Waals surface area contributed by atoms with Crippen LogP contribution in [0.5, 0.6) is 0 Å². The largest absolute Gasteiger partial charge is 0.309 e. The summed E-state index contributed by atoms with van der Waals surface area (Å²) in [5, 5.41) is 2.53. The molecular formula is C40H30N2. The predicted molar refractivity (Wildman–Crippen MR) is 180 cm³/mol. The molecule has 0 N–H and O–H groups in total. The van der Waals surface area contributed by atoms with Gasteiger partial charge in [-0.05, 0) is 59.7 Å². The number of nitrogens with zero attached hydrogens (tertiary/aromatic N) is 2.